The highest BCUT2D eigenvalue weighted by Gasteiger charge is 2.07. The van der Waals surface area contributed by atoms with E-state index in [1.54, 1.807) is 11.3 Å². The van der Waals surface area contributed by atoms with Gasteiger partial charge in [-0.2, -0.15) is 0 Å². The number of hydrogen-bond donors (Lipinski definition) is 0. The van der Waals surface area contributed by atoms with Crippen LogP contribution in [0.15, 0.2) is 24.3 Å². The average molecular weight is 389 g/mol. The van der Waals surface area contributed by atoms with Gasteiger partial charge in [-0.3, -0.25) is 0 Å². The van der Waals surface area contributed by atoms with Gasteiger partial charge in [0.2, 0.25) is 0 Å². The molecule has 0 aliphatic rings. The van der Waals surface area contributed by atoms with Crippen LogP contribution in [0.25, 0.3) is 10.6 Å². The molecule has 0 unspecified atom stereocenters. The van der Waals surface area contributed by atoms with Crippen LogP contribution < -0.4 is 4.74 Å². The SMILES string of the molecule is CCCCCCCCCCOc1ccc(-c2nnc(CCCCC)s2)cc1. The van der Waals surface area contributed by atoms with Gasteiger partial charge in [-0.25, -0.2) is 0 Å². The number of rotatable bonds is 15. The molecule has 0 N–H and O–H groups in total. The van der Waals surface area contributed by atoms with Gasteiger partial charge in [-0.15, -0.1) is 10.2 Å². The third kappa shape index (κ3) is 8.87. The van der Waals surface area contributed by atoms with Gasteiger partial charge in [0.1, 0.15) is 15.8 Å². The van der Waals surface area contributed by atoms with Crippen LogP contribution >= 0.6 is 11.3 Å². The quantitative estimate of drug-likeness (QED) is 0.297. The van der Waals surface area contributed by atoms with Gasteiger partial charge < -0.3 is 4.74 Å². The van der Waals surface area contributed by atoms with Gasteiger partial charge in [0.25, 0.3) is 0 Å². The van der Waals surface area contributed by atoms with Gasteiger partial charge in [-0.1, -0.05) is 83.0 Å². The van der Waals surface area contributed by atoms with E-state index in [4.69, 9.17) is 4.74 Å². The van der Waals surface area contributed by atoms with Gasteiger partial charge in [0.05, 0.1) is 6.61 Å². The minimum absolute atomic E-state index is 0.814. The summed E-state index contributed by atoms with van der Waals surface area (Å²) in [7, 11) is 0. The summed E-state index contributed by atoms with van der Waals surface area (Å²) in [6.07, 6.45) is 15.4. The zero-order valence-corrected chi connectivity index (χ0v) is 18.0. The summed E-state index contributed by atoms with van der Waals surface area (Å²) in [5.41, 5.74) is 1.13. The zero-order valence-electron chi connectivity index (χ0n) is 17.2. The van der Waals surface area contributed by atoms with Crippen molar-refractivity contribution < 1.29 is 4.74 Å². The largest absolute Gasteiger partial charge is 0.494 e. The normalized spacial score (nSPS) is 11.0. The predicted octanol–water partition coefficient (Wildman–Crippen LogP) is 7.46. The molecule has 0 fully saturated rings. The molecule has 1 aromatic heterocycles. The van der Waals surface area contributed by atoms with Crippen molar-refractivity contribution in [2.75, 3.05) is 6.61 Å². The van der Waals surface area contributed by atoms with E-state index in [0.717, 1.165) is 40.8 Å². The Kier molecular flexibility index (Phi) is 11.1. The van der Waals surface area contributed by atoms with E-state index < -0.39 is 0 Å². The van der Waals surface area contributed by atoms with Crippen LogP contribution in [0.4, 0.5) is 0 Å². The van der Waals surface area contributed by atoms with Crippen molar-refractivity contribution in [1.82, 2.24) is 10.2 Å². The summed E-state index contributed by atoms with van der Waals surface area (Å²) in [5.74, 6) is 0.953. The molecule has 0 spiro atoms. The molecular weight excluding hydrogens is 352 g/mol. The molecule has 1 aromatic carbocycles. The maximum absolute atomic E-state index is 5.88. The second-order valence-corrected chi connectivity index (χ2v) is 8.37. The maximum atomic E-state index is 5.88. The molecule has 0 radical (unpaired) electrons. The van der Waals surface area contributed by atoms with E-state index in [9.17, 15) is 0 Å². The predicted molar refractivity (Wildman–Crippen MR) is 117 cm³/mol. The molecule has 0 aliphatic carbocycles. The number of benzene rings is 1. The molecule has 2 rings (SSSR count). The lowest BCUT2D eigenvalue weighted by Gasteiger charge is -2.06. The number of hydrogen-bond acceptors (Lipinski definition) is 4. The lowest BCUT2D eigenvalue weighted by atomic mass is 10.1. The van der Waals surface area contributed by atoms with Crippen LogP contribution in [0.5, 0.6) is 5.75 Å². The fourth-order valence-corrected chi connectivity index (χ4v) is 4.00. The summed E-state index contributed by atoms with van der Waals surface area (Å²) in [6, 6.07) is 8.30. The fourth-order valence-electron chi connectivity index (χ4n) is 3.12. The first-order valence-electron chi connectivity index (χ1n) is 10.9. The van der Waals surface area contributed by atoms with Crippen LogP contribution in [0.1, 0.15) is 89.5 Å². The topological polar surface area (TPSA) is 35.0 Å². The summed E-state index contributed by atoms with van der Waals surface area (Å²) in [5, 5.41) is 10.8. The molecule has 27 heavy (non-hydrogen) atoms. The van der Waals surface area contributed by atoms with Gasteiger partial charge in [0.15, 0.2) is 0 Å². The molecule has 0 bridgehead atoms. The molecule has 2 aromatic rings. The monoisotopic (exact) mass is 388 g/mol. The van der Waals surface area contributed by atoms with Crippen molar-refractivity contribution in [2.24, 2.45) is 0 Å². The van der Waals surface area contributed by atoms with Crippen molar-refractivity contribution in [3.63, 3.8) is 0 Å². The Hall–Kier alpha value is -1.42. The minimum atomic E-state index is 0.814. The Labute approximate surface area is 169 Å². The number of aryl methyl sites for hydroxylation is 1. The Morgan fingerprint density at radius 2 is 1.37 bits per heavy atom. The molecule has 0 saturated carbocycles. The zero-order chi connectivity index (χ0) is 19.2. The summed E-state index contributed by atoms with van der Waals surface area (Å²) in [6.45, 7) is 5.31. The third-order valence-electron chi connectivity index (χ3n) is 4.83. The summed E-state index contributed by atoms with van der Waals surface area (Å²) >= 11 is 1.71. The van der Waals surface area contributed by atoms with Gasteiger partial charge in [-0.05, 0) is 37.1 Å². The number of aromatic nitrogens is 2. The molecule has 0 amide bonds. The highest BCUT2D eigenvalue weighted by atomic mass is 32.1. The number of ether oxygens (including phenoxy) is 1. The first-order chi connectivity index (χ1) is 13.3. The van der Waals surface area contributed by atoms with Crippen LogP contribution in [-0.2, 0) is 6.42 Å². The van der Waals surface area contributed by atoms with Crippen molar-refractivity contribution in [1.29, 1.82) is 0 Å². The molecule has 4 heteroatoms. The van der Waals surface area contributed by atoms with Gasteiger partial charge in [0, 0.05) is 12.0 Å². The molecule has 3 nitrogen and oxygen atoms in total. The Balaban J connectivity index is 1.63. The molecule has 0 saturated heterocycles. The molecule has 0 aliphatic heterocycles. The van der Waals surface area contributed by atoms with Crippen LogP contribution in [-0.4, -0.2) is 16.8 Å². The van der Waals surface area contributed by atoms with Crippen molar-refractivity contribution in [3.05, 3.63) is 29.3 Å². The lowest BCUT2D eigenvalue weighted by molar-refractivity contribution is 0.304. The number of nitrogens with zero attached hydrogens (tertiary/aromatic N) is 2. The highest BCUT2D eigenvalue weighted by molar-refractivity contribution is 7.14. The molecule has 150 valence electrons. The number of unbranched alkanes of at least 4 members (excludes halogenated alkanes) is 9. The average Bonchev–Trinajstić information content (AvgIpc) is 3.16. The second-order valence-electron chi connectivity index (χ2n) is 7.31. The molecular formula is C23H36N2OS. The van der Waals surface area contributed by atoms with E-state index in [1.807, 2.05) is 0 Å². The minimum Gasteiger partial charge on any atom is -0.494 e. The fraction of sp³-hybridized carbons (Fsp3) is 0.652. The van der Waals surface area contributed by atoms with E-state index >= 15 is 0 Å². The van der Waals surface area contributed by atoms with Crippen molar-refractivity contribution in [3.8, 4) is 16.3 Å². The summed E-state index contributed by atoms with van der Waals surface area (Å²) < 4.78 is 5.88. The molecule has 0 atom stereocenters. The van der Waals surface area contributed by atoms with E-state index in [0.29, 0.717) is 0 Å². The van der Waals surface area contributed by atoms with E-state index in [-0.39, 0.29) is 0 Å². The summed E-state index contributed by atoms with van der Waals surface area (Å²) in [4.78, 5) is 0. The lowest BCUT2D eigenvalue weighted by Crippen LogP contribution is -1.97. The second kappa shape index (κ2) is 13.7. The standard InChI is InChI=1S/C23H36N2OS/c1-3-5-7-8-9-10-11-13-19-26-21-17-15-20(16-18-21)23-25-24-22(27-23)14-12-6-4-2/h15-18H,3-14,19H2,1-2H3. The van der Waals surface area contributed by atoms with Crippen LogP contribution in [0.2, 0.25) is 0 Å². The van der Waals surface area contributed by atoms with Crippen LogP contribution in [0, 0.1) is 0 Å². The van der Waals surface area contributed by atoms with Crippen LogP contribution in [0.3, 0.4) is 0 Å². The third-order valence-corrected chi connectivity index (χ3v) is 5.86. The van der Waals surface area contributed by atoms with E-state index in [2.05, 4.69) is 48.3 Å². The highest BCUT2D eigenvalue weighted by Crippen LogP contribution is 2.26. The van der Waals surface area contributed by atoms with Crippen molar-refractivity contribution in [2.45, 2.75) is 90.9 Å². The van der Waals surface area contributed by atoms with Crippen molar-refractivity contribution >= 4 is 11.3 Å². The Morgan fingerprint density at radius 1 is 0.741 bits per heavy atom. The maximum Gasteiger partial charge on any atom is 0.147 e. The molecule has 1 heterocycles. The van der Waals surface area contributed by atoms with E-state index in [1.165, 1.54) is 64.2 Å². The first kappa shape index (κ1) is 21.9. The Morgan fingerprint density at radius 3 is 2.07 bits per heavy atom. The Bertz CT molecular complexity index is 609. The van der Waals surface area contributed by atoms with Gasteiger partial charge >= 0.3 is 0 Å². The smallest absolute Gasteiger partial charge is 0.147 e. The first-order valence-corrected chi connectivity index (χ1v) is 11.7.